The molecule has 0 fully saturated rings. The van der Waals surface area contributed by atoms with Crippen molar-refractivity contribution in [1.82, 2.24) is 15.1 Å². The summed E-state index contributed by atoms with van der Waals surface area (Å²) in [6.07, 6.45) is 4.96. The van der Waals surface area contributed by atoms with Crippen molar-refractivity contribution in [2.75, 3.05) is 0 Å². The number of amides is 1. The van der Waals surface area contributed by atoms with Gasteiger partial charge in [-0.3, -0.25) is 9.48 Å². The van der Waals surface area contributed by atoms with Gasteiger partial charge in [-0.25, -0.2) is 0 Å². The van der Waals surface area contributed by atoms with E-state index in [0.29, 0.717) is 11.7 Å². The second-order valence-corrected chi connectivity index (χ2v) is 7.70. The Labute approximate surface area is 142 Å². The first-order valence-corrected chi connectivity index (χ1v) is 8.85. The molecule has 1 amide bonds. The van der Waals surface area contributed by atoms with Gasteiger partial charge in [-0.15, -0.1) is 11.8 Å². The number of nitrogens with zero attached hydrogens (tertiary/aromatic N) is 2. The number of carbonyl (C=O) groups is 1. The SMILES string of the molecule is CC(C)Sc1ccc(C(C)NC(=O)CCc2cnn(C)c2)cc1. The van der Waals surface area contributed by atoms with E-state index >= 15 is 0 Å². The fraction of sp³-hybridized carbons (Fsp3) is 0.444. The zero-order valence-corrected chi connectivity index (χ0v) is 15.1. The average Bonchev–Trinajstić information content (AvgIpc) is 2.91. The number of carbonyl (C=O) groups excluding carboxylic acids is 1. The maximum atomic E-state index is 12.1. The van der Waals surface area contributed by atoms with Crippen LogP contribution < -0.4 is 5.32 Å². The van der Waals surface area contributed by atoms with Gasteiger partial charge in [0.2, 0.25) is 5.91 Å². The Balaban J connectivity index is 1.83. The topological polar surface area (TPSA) is 46.9 Å². The molecule has 0 aliphatic carbocycles. The third-order valence-corrected chi connectivity index (χ3v) is 4.54. The number of aryl methyl sites for hydroxylation is 2. The summed E-state index contributed by atoms with van der Waals surface area (Å²) in [4.78, 5) is 13.3. The molecule has 2 aromatic rings. The molecular weight excluding hydrogens is 306 g/mol. The molecule has 0 bridgehead atoms. The predicted octanol–water partition coefficient (Wildman–Crippen LogP) is 3.73. The molecule has 0 spiro atoms. The largest absolute Gasteiger partial charge is 0.350 e. The second-order valence-electron chi connectivity index (χ2n) is 6.05. The van der Waals surface area contributed by atoms with Crippen LogP contribution in [0.4, 0.5) is 0 Å². The molecule has 124 valence electrons. The lowest BCUT2D eigenvalue weighted by Gasteiger charge is -2.15. The molecule has 1 heterocycles. The summed E-state index contributed by atoms with van der Waals surface area (Å²) >= 11 is 1.85. The highest BCUT2D eigenvalue weighted by Gasteiger charge is 2.10. The number of hydrogen-bond acceptors (Lipinski definition) is 3. The lowest BCUT2D eigenvalue weighted by atomic mass is 10.1. The zero-order valence-electron chi connectivity index (χ0n) is 14.2. The van der Waals surface area contributed by atoms with Crippen LogP contribution in [0.25, 0.3) is 0 Å². The van der Waals surface area contributed by atoms with Crippen LogP contribution >= 0.6 is 11.8 Å². The minimum Gasteiger partial charge on any atom is -0.350 e. The Kier molecular flexibility index (Phi) is 6.28. The normalized spacial score (nSPS) is 12.4. The molecule has 1 unspecified atom stereocenters. The quantitative estimate of drug-likeness (QED) is 0.786. The van der Waals surface area contributed by atoms with E-state index in [1.54, 1.807) is 4.68 Å². The van der Waals surface area contributed by atoms with E-state index in [1.807, 2.05) is 38.1 Å². The molecule has 1 N–H and O–H groups in total. The van der Waals surface area contributed by atoms with Crippen LogP contribution in [0.15, 0.2) is 41.6 Å². The first-order chi connectivity index (χ1) is 10.9. The first kappa shape index (κ1) is 17.6. The van der Waals surface area contributed by atoms with E-state index in [0.717, 1.165) is 17.5 Å². The fourth-order valence-electron chi connectivity index (χ4n) is 2.36. The first-order valence-electron chi connectivity index (χ1n) is 7.97. The fourth-order valence-corrected chi connectivity index (χ4v) is 3.20. The van der Waals surface area contributed by atoms with Crippen LogP contribution in [-0.4, -0.2) is 20.9 Å². The maximum Gasteiger partial charge on any atom is 0.220 e. The molecule has 0 saturated heterocycles. The van der Waals surface area contributed by atoms with Gasteiger partial charge in [-0.2, -0.15) is 5.10 Å². The van der Waals surface area contributed by atoms with Crippen LogP contribution in [0.3, 0.4) is 0 Å². The van der Waals surface area contributed by atoms with Crippen LogP contribution in [0.5, 0.6) is 0 Å². The van der Waals surface area contributed by atoms with E-state index in [4.69, 9.17) is 0 Å². The van der Waals surface area contributed by atoms with Gasteiger partial charge in [0.15, 0.2) is 0 Å². The van der Waals surface area contributed by atoms with Crippen molar-refractivity contribution in [2.45, 2.75) is 49.8 Å². The van der Waals surface area contributed by atoms with Crippen LogP contribution in [0.1, 0.15) is 44.4 Å². The number of benzene rings is 1. The molecule has 4 nitrogen and oxygen atoms in total. The highest BCUT2D eigenvalue weighted by atomic mass is 32.2. The molecule has 0 radical (unpaired) electrons. The van der Waals surface area contributed by atoms with Gasteiger partial charge in [0, 0.05) is 29.8 Å². The molecule has 1 aromatic carbocycles. The van der Waals surface area contributed by atoms with Crippen LogP contribution in [0, 0.1) is 0 Å². The lowest BCUT2D eigenvalue weighted by molar-refractivity contribution is -0.121. The minimum atomic E-state index is 0.0227. The number of thioether (sulfide) groups is 1. The maximum absolute atomic E-state index is 12.1. The van der Waals surface area contributed by atoms with Crippen molar-refractivity contribution in [2.24, 2.45) is 7.05 Å². The van der Waals surface area contributed by atoms with Crippen molar-refractivity contribution in [3.05, 3.63) is 47.8 Å². The van der Waals surface area contributed by atoms with Gasteiger partial charge in [-0.05, 0) is 36.6 Å². The Hall–Kier alpha value is -1.75. The predicted molar refractivity (Wildman–Crippen MR) is 95.5 cm³/mol. The van der Waals surface area contributed by atoms with Gasteiger partial charge in [0.1, 0.15) is 0 Å². The minimum absolute atomic E-state index is 0.0227. The molecule has 0 aliphatic heterocycles. The van der Waals surface area contributed by atoms with E-state index in [9.17, 15) is 4.79 Å². The van der Waals surface area contributed by atoms with Gasteiger partial charge in [-0.1, -0.05) is 26.0 Å². The van der Waals surface area contributed by atoms with Crippen molar-refractivity contribution < 1.29 is 4.79 Å². The van der Waals surface area contributed by atoms with E-state index < -0.39 is 0 Å². The standard InChI is InChI=1S/C18H25N3OS/c1-13(2)23-17-8-6-16(7-9-17)14(3)20-18(22)10-5-15-11-19-21(4)12-15/h6-9,11-14H,5,10H2,1-4H3,(H,20,22). The average molecular weight is 331 g/mol. The molecule has 0 saturated carbocycles. The molecule has 0 aliphatic rings. The highest BCUT2D eigenvalue weighted by molar-refractivity contribution is 7.99. The Morgan fingerprint density at radius 3 is 2.52 bits per heavy atom. The van der Waals surface area contributed by atoms with E-state index in [1.165, 1.54) is 4.90 Å². The Morgan fingerprint density at radius 1 is 1.26 bits per heavy atom. The number of nitrogens with one attached hydrogen (secondary N) is 1. The molecule has 1 atom stereocenters. The van der Waals surface area contributed by atoms with Gasteiger partial charge in [0.25, 0.3) is 0 Å². The van der Waals surface area contributed by atoms with Gasteiger partial charge in [0.05, 0.1) is 12.2 Å². The lowest BCUT2D eigenvalue weighted by Crippen LogP contribution is -2.26. The second kappa shape index (κ2) is 8.20. The van der Waals surface area contributed by atoms with Gasteiger partial charge >= 0.3 is 0 Å². The van der Waals surface area contributed by atoms with Crippen molar-refractivity contribution in [3.63, 3.8) is 0 Å². The third kappa shape index (κ3) is 5.75. The summed E-state index contributed by atoms with van der Waals surface area (Å²) < 4.78 is 1.76. The number of rotatable bonds is 7. The summed E-state index contributed by atoms with van der Waals surface area (Å²) in [5.41, 5.74) is 2.22. The monoisotopic (exact) mass is 331 g/mol. The molecule has 1 aromatic heterocycles. The van der Waals surface area contributed by atoms with Crippen LogP contribution in [0.2, 0.25) is 0 Å². The van der Waals surface area contributed by atoms with E-state index in [2.05, 4.69) is 48.5 Å². The highest BCUT2D eigenvalue weighted by Crippen LogP contribution is 2.24. The summed E-state index contributed by atoms with van der Waals surface area (Å²) in [7, 11) is 1.88. The third-order valence-electron chi connectivity index (χ3n) is 3.53. The van der Waals surface area contributed by atoms with Gasteiger partial charge < -0.3 is 5.32 Å². The summed E-state index contributed by atoms with van der Waals surface area (Å²) in [5.74, 6) is 0.0713. The Bertz CT molecular complexity index is 634. The van der Waals surface area contributed by atoms with E-state index in [-0.39, 0.29) is 11.9 Å². The molecule has 5 heteroatoms. The molecule has 23 heavy (non-hydrogen) atoms. The van der Waals surface area contributed by atoms with Crippen LogP contribution in [-0.2, 0) is 18.3 Å². The summed E-state index contributed by atoms with van der Waals surface area (Å²) in [6.45, 7) is 6.39. The summed E-state index contributed by atoms with van der Waals surface area (Å²) in [5, 5.41) is 7.75. The smallest absolute Gasteiger partial charge is 0.220 e. The van der Waals surface area contributed by atoms with Crippen molar-refractivity contribution in [1.29, 1.82) is 0 Å². The molecule has 2 rings (SSSR count). The van der Waals surface area contributed by atoms with Crippen molar-refractivity contribution >= 4 is 17.7 Å². The number of aromatic nitrogens is 2. The number of hydrogen-bond donors (Lipinski definition) is 1. The summed E-state index contributed by atoms with van der Waals surface area (Å²) in [6, 6.07) is 8.46. The Morgan fingerprint density at radius 2 is 1.96 bits per heavy atom. The molecular formula is C18H25N3OS. The zero-order chi connectivity index (χ0) is 16.8. The van der Waals surface area contributed by atoms with Crippen molar-refractivity contribution in [3.8, 4) is 0 Å².